The van der Waals surface area contributed by atoms with Gasteiger partial charge in [-0.25, -0.2) is 19.7 Å². The highest BCUT2D eigenvalue weighted by Crippen LogP contribution is 2.44. The van der Waals surface area contributed by atoms with Crippen LogP contribution in [0, 0.1) is 35.8 Å². The maximum Gasteiger partial charge on any atom is 0.187 e. The molecule has 2 aromatic heterocycles. The Balaban J connectivity index is 1.15. The summed E-state index contributed by atoms with van der Waals surface area (Å²) in [6, 6.07) is 78.4. The quantitative estimate of drug-likeness (QED) is 0.127. The van der Waals surface area contributed by atoms with Crippen LogP contribution in [-0.2, 0) is 0 Å². The second-order valence-corrected chi connectivity index (χ2v) is 16.7. The van der Waals surface area contributed by atoms with Gasteiger partial charge in [0, 0.05) is 61.7 Å². The Morgan fingerprint density at radius 3 is 1.27 bits per heavy atom. The summed E-state index contributed by atoms with van der Waals surface area (Å²) in [5.74, 6) is 0.308. The van der Waals surface area contributed by atoms with Crippen molar-refractivity contribution in [2.75, 3.05) is 9.80 Å². The van der Waals surface area contributed by atoms with Crippen molar-refractivity contribution in [3.05, 3.63) is 258 Å². The number of hydrogen-bond donors (Lipinski definition) is 0. The van der Waals surface area contributed by atoms with E-state index >= 15 is 0 Å². The van der Waals surface area contributed by atoms with Crippen LogP contribution < -0.4 is 9.80 Å². The highest BCUT2D eigenvalue weighted by molar-refractivity contribution is 6.12. The van der Waals surface area contributed by atoms with Gasteiger partial charge >= 0.3 is 0 Å². The fourth-order valence-corrected chi connectivity index (χ4v) is 9.27. The van der Waals surface area contributed by atoms with E-state index in [4.69, 9.17) is 23.1 Å². The Hall–Kier alpha value is -10.6. The zero-order chi connectivity index (χ0) is 48.3. The molecule has 0 aliphatic heterocycles. The van der Waals surface area contributed by atoms with E-state index in [-0.39, 0.29) is 11.1 Å². The predicted molar refractivity (Wildman–Crippen MR) is 284 cm³/mol. The van der Waals surface area contributed by atoms with Gasteiger partial charge in [-0.2, -0.15) is 10.5 Å². The van der Waals surface area contributed by atoms with Crippen LogP contribution in [0.25, 0.3) is 71.1 Å². The smallest absolute Gasteiger partial charge is 0.187 e. The lowest BCUT2D eigenvalue weighted by Gasteiger charge is -2.26. The third-order valence-electron chi connectivity index (χ3n) is 12.4. The Kier molecular flexibility index (Phi) is 11.3. The Morgan fingerprint density at radius 2 is 0.831 bits per heavy atom. The first kappa shape index (κ1) is 43.0. The number of para-hydroxylation sites is 4. The van der Waals surface area contributed by atoms with Crippen molar-refractivity contribution in [1.29, 1.82) is 10.5 Å². The SMILES string of the molecule is [C-]#[N+]c1cccc(-c2cc(-c3c(C#N)cc(-n4c5ccc(N(c6ccccc6)c6ccccc6)cc5c5cc(N(c6ccccc6)c6ccccc6)ccc54)cc3C#N)nc(-c3cccc([N+]#[C-])c3)n2)c1. The molecule has 0 radical (unpaired) electrons. The standard InChI is InChI=1S/C62H37N9/c1-65-46-19-15-17-42(33-46)57-39-58(68-62(67-57)43-18-16-20-47(34-43)66-2)61-44(40-63)35-54(36-45(61)41-64)71-59-31-29-52(69(48-21-7-3-8-22-48)49-23-9-4-10-24-49)37-55(59)56-38-53(30-32-60(56)71)70(50-25-11-5-12-26-50)51-27-13-6-14-28-51/h3-39H. The first-order valence-electron chi connectivity index (χ1n) is 22.7. The average molecular weight is 908 g/mol. The second kappa shape index (κ2) is 18.6. The Bertz CT molecular complexity index is 3660. The molecule has 0 unspecified atom stereocenters. The fraction of sp³-hybridized carbons (Fsp3) is 0. The van der Waals surface area contributed by atoms with Crippen LogP contribution in [0.3, 0.4) is 0 Å². The van der Waals surface area contributed by atoms with E-state index < -0.39 is 0 Å². The van der Waals surface area contributed by atoms with Gasteiger partial charge in [-0.3, -0.25) is 0 Å². The van der Waals surface area contributed by atoms with Gasteiger partial charge in [0.05, 0.1) is 58.8 Å². The van der Waals surface area contributed by atoms with Crippen molar-refractivity contribution in [1.82, 2.24) is 14.5 Å². The van der Waals surface area contributed by atoms with Gasteiger partial charge in [-0.15, -0.1) is 0 Å². The van der Waals surface area contributed by atoms with Crippen molar-refractivity contribution in [2.45, 2.75) is 0 Å². The number of hydrogen-bond acceptors (Lipinski definition) is 6. The summed E-state index contributed by atoms with van der Waals surface area (Å²) >= 11 is 0. The van der Waals surface area contributed by atoms with Gasteiger partial charge in [0.1, 0.15) is 0 Å². The van der Waals surface area contributed by atoms with Crippen LogP contribution in [0.2, 0.25) is 0 Å². The first-order valence-corrected chi connectivity index (χ1v) is 22.7. The number of rotatable bonds is 10. The zero-order valence-electron chi connectivity index (χ0n) is 37.9. The summed E-state index contributed by atoms with van der Waals surface area (Å²) in [4.78, 5) is 21.6. The number of anilines is 6. The monoisotopic (exact) mass is 907 g/mol. The van der Waals surface area contributed by atoms with E-state index in [1.165, 1.54) is 0 Å². The van der Waals surface area contributed by atoms with Crippen LogP contribution in [0.1, 0.15) is 11.1 Å². The maximum absolute atomic E-state index is 11.1. The molecule has 0 aliphatic carbocycles. The van der Waals surface area contributed by atoms with Gasteiger partial charge in [0.2, 0.25) is 0 Å². The van der Waals surface area contributed by atoms with Crippen LogP contribution in [0.4, 0.5) is 45.5 Å². The van der Waals surface area contributed by atoms with Crippen LogP contribution >= 0.6 is 0 Å². The molecule has 0 aliphatic rings. The molecule has 0 N–H and O–H groups in total. The lowest BCUT2D eigenvalue weighted by Crippen LogP contribution is -2.09. The molecule has 0 saturated carbocycles. The highest BCUT2D eigenvalue weighted by atomic mass is 15.1. The summed E-state index contributed by atoms with van der Waals surface area (Å²) in [7, 11) is 0. The zero-order valence-corrected chi connectivity index (χ0v) is 37.9. The largest absolute Gasteiger partial charge is 0.310 e. The molecule has 0 fully saturated rings. The first-order chi connectivity index (χ1) is 35.0. The molecule has 9 heteroatoms. The summed E-state index contributed by atoms with van der Waals surface area (Å²) in [5.41, 5.74) is 12.1. The van der Waals surface area contributed by atoms with E-state index in [0.717, 1.165) is 55.9 Å². The lowest BCUT2D eigenvalue weighted by atomic mass is 9.96. The summed E-state index contributed by atoms with van der Waals surface area (Å²) in [6.07, 6.45) is 0. The molecule has 330 valence electrons. The molecule has 0 spiro atoms. The predicted octanol–water partition coefficient (Wildman–Crippen LogP) is 16.4. The number of fused-ring (bicyclic) bond motifs is 3. The van der Waals surface area contributed by atoms with Gasteiger partial charge in [0.15, 0.2) is 17.2 Å². The lowest BCUT2D eigenvalue weighted by molar-refractivity contribution is 1.16. The van der Waals surface area contributed by atoms with Crippen molar-refractivity contribution >= 4 is 67.3 Å². The molecule has 11 aromatic rings. The Labute approximate surface area is 410 Å². The normalized spacial score (nSPS) is 10.8. The minimum Gasteiger partial charge on any atom is -0.310 e. The van der Waals surface area contributed by atoms with Gasteiger partial charge < -0.3 is 14.4 Å². The Morgan fingerprint density at radius 1 is 0.408 bits per heavy atom. The van der Waals surface area contributed by atoms with E-state index in [2.05, 4.69) is 121 Å². The van der Waals surface area contributed by atoms with Crippen LogP contribution in [0.5, 0.6) is 0 Å². The van der Waals surface area contributed by atoms with Gasteiger partial charge in [0.25, 0.3) is 0 Å². The average Bonchev–Trinajstić information content (AvgIpc) is 3.77. The van der Waals surface area contributed by atoms with E-state index in [9.17, 15) is 10.5 Å². The molecular formula is C62H37N9. The number of benzene rings is 9. The van der Waals surface area contributed by atoms with Crippen molar-refractivity contribution in [3.63, 3.8) is 0 Å². The van der Waals surface area contributed by atoms with Gasteiger partial charge in [-0.05, 0) is 121 Å². The molecule has 0 saturated heterocycles. The molecular weight excluding hydrogens is 871 g/mol. The molecule has 2 heterocycles. The van der Waals surface area contributed by atoms with Crippen LogP contribution in [0.15, 0.2) is 224 Å². The number of nitrogens with zero attached hydrogens (tertiary/aromatic N) is 9. The fourth-order valence-electron chi connectivity index (χ4n) is 9.27. The van der Waals surface area contributed by atoms with E-state index in [0.29, 0.717) is 51.0 Å². The summed E-state index contributed by atoms with van der Waals surface area (Å²) < 4.78 is 2.12. The van der Waals surface area contributed by atoms with Crippen molar-refractivity contribution in [2.24, 2.45) is 0 Å². The minimum atomic E-state index is 0.237. The summed E-state index contributed by atoms with van der Waals surface area (Å²) in [6.45, 7) is 15.3. The molecule has 11 rings (SSSR count). The summed E-state index contributed by atoms with van der Waals surface area (Å²) in [5, 5.41) is 24.1. The third-order valence-corrected chi connectivity index (χ3v) is 12.4. The number of nitriles is 2. The second-order valence-electron chi connectivity index (χ2n) is 16.7. The van der Waals surface area contributed by atoms with Crippen molar-refractivity contribution < 1.29 is 0 Å². The van der Waals surface area contributed by atoms with Crippen molar-refractivity contribution in [3.8, 4) is 51.7 Å². The number of aromatic nitrogens is 3. The van der Waals surface area contributed by atoms with Gasteiger partial charge in [-0.1, -0.05) is 109 Å². The third kappa shape index (κ3) is 8.11. The van der Waals surface area contributed by atoms with Crippen LogP contribution in [-0.4, -0.2) is 14.5 Å². The molecule has 0 bridgehead atoms. The molecule has 71 heavy (non-hydrogen) atoms. The molecule has 9 nitrogen and oxygen atoms in total. The highest BCUT2D eigenvalue weighted by Gasteiger charge is 2.23. The molecule has 9 aromatic carbocycles. The van der Waals surface area contributed by atoms with E-state index in [1.54, 1.807) is 42.5 Å². The molecule has 0 atom stereocenters. The molecule has 0 amide bonds. The minimum absolute atomic E-state index is 0.237. The maximum atomic E-state index is 11.1. The topological polar surface area (TPSA) is 93.5 Å². The van der Waals surface area contributed by atoms with E-state index in [1.807, 2.05) is 97.1 Å².